The molecule has 3 aromatic heterocycles. The first kappa shape index (κ1) is 22.4. The molecule has 1 amide bonds. The number of hydrogen-bond acceptors (Lipinski definition) is 5. The van der Waals surface area contributed by atoms with Crippen LogP contribution >= 0.6 is 0 Å². The first-order chi connectivity index (χ1) is 16.7. The zero-order valence-electron chi connectivity index (χ0n) is 19.7. The van der Waals surface area contributed by atoms with Crippen LogP contribution in [-0.2, 0) is 11.2 Å². The van der Waals surface area contributed by atoms with Crippen LogP contribution in [0.2, 0.25) is 0 Å². The van der Waals surface area contributed by atoms with Gasteiger partial charge in [-0.2, -0.15) is 5.10 Å². The summed E-state index contributed by atoms with van der Waals surface area (Å²) >= 11 is 0. The maximum atomic E-state index is 12.4. The number of fused-ring (bicyclic) bond motifs is 3. The molecule has 5 rings (SSSR count). The second-order valence-electron chi connectivity index (χ2n) is 9.10. The van der Waals surface area contributed by atoms with Crippen LogP contribution in [0, 0.1) is 0 Å². The van der Waals surface area contributed by atoms with Gasteiger partial charge in [-0.25, -0.2) is 4.52 Å². The summed E-state index contributed by atoms with van der Waals surface area (Å²) in [5, 5.41) is 16.7. The van der Waals surface area contributed by atoms with E-state index in [1.54, 1.807) is 0 Å². The molecule has 1 fully saturated rings. The molecule has 0 unspecified atom stereocenters. The van der Waals surface area contributed by atoms with E-state index in [2.05, 4.69) is 22.4 Å². The third-order valence-electron chi connectivity index (χ3n) is 6.55. The van der Waals surface area contributed by atoms with Gasteiger partial charge < -0.3 is 10.1 Å². The molecule has 1 aliphatic carbocycles. The van der Waals surface area contributed by atoms with Crippen molar-refractivity contribution in [2.45, 2.75) is 70.8 Å². The molecule has 4 aromatic rings. The summed E-state index contributed by atoms with van der Waals surface area (Å²) < 4.78 is 9.54. The van der Waals surface area contributed by atoms with Gasteiger partial charge in [0.2, 0.25) is 5.91 Å². The number of nitrogens with one attached hydrogen (secondary N) is 1. The number of nitrogens with zero attached hydrogens (tertiary/aromatic N) is 5. The molecule has 1 aromatic carbocycles. The Kier molecular flexibility index (Phi) is 6.74. The largest absolute Gasteiger partial charge is 0.494 e. The zero-order chi connectivity index (χ0) is 23.3. The monoisotopic (exact) mass is 460 g/mol. The number of hydrogen-bond donors (Lipinski definition) is 1. The van der Waals surface area contributed by atoms with Gasteiger partial charge in [-0.15, -0.1) is 10.2 Å². The number of carbonyl (C=O) groups excluding carboxylic acids is 1. The van der Waals surface area contributed by atoms with Crippen molar-refractivity contribution in [1.29, 1.82) is 0 Å². The van der Waals surface area contributed by atoms with E-state index in [-0.39, 0.29) is 5.91 Å². The number of benzene rings is 1. The minimum atomic E-state index is 0.0958. The van der Waals surface area contributed by atoms with Crippen LogP contribution in [-0.4, -0.2) is 42.8 Å². The van der Waals surface area contributed by atoms with Gasteiger partial charge in [-0.05, 0) is 49.6 Å². The van der Waals surface area contributed by atoms with Crippen molar-refractivity contribution in [2.75, 3.05) is 6.61 Å². The Morgan fingerprint density at radius 3 is 2.74 bits per heavy atom. The SMILES string of the molecule is CCCCOc1ccc(-c2cc3c4nnc(CCC(=O)NC5CCCCC5)n4ccn3n2)cc1. The van der Waals surface area contributed by atoms with Gasteiger partial charge in [0, 0.05) is 36.8 Å². The predicted molar refractivity (Wildman–Crippen MR) is 131 cm³/mol. The summed E-state index contributed by atoms with van der Waals surface area (Å²) in [5.41, 5.74) is 3.50. The van der Waals surface area contributed by atoms with E-state index in [1.807, 2.05) is 51.6 Å². The average molecular weight is 461 g/mol. The second kappa shape index (κ2) is 10.2. The Bertz CT molecular complexity index is 1250. The summed E-state index contributed by atoms with van der Waals surface area (Å²) in [5.74, 6) is 1.75. The molecule has 0 spiro atoms. The summed E-state index contributed by atoms with van der Waals surface area (Å²) in [4.78, 5) is 12.4. The van der Waals surface area contributed by atoms with Gasteiger partial charge in [0.15, 0.2) is 5.65 Å². The van der Waals surface area contributed by atoms with Crippen molar-refractivity contribution in [3.05, 3.63) is 48.5 Å². The molecule has 0 bridgehead atoms. The highest BCUT2D eigenvalue weighted by molar-refractivity contribution is 5.78. The van der Waals surface area contributed by atoms with E-state index in [0.717, 1.165) is 66.3 Å². The van der Waals surface area contributed by atoms with Crippen LogP contribution in [0.4, 0.5) is 0 Å². The van der Waals surface area contributed by atoms with Gasteiger partial charge in [-0.3, -0.25) is 9.20 Å². The van der Waals surface area contributed by atoms with Gasteiger partial charge in [0.1, 0.15) is 17.1 Å². The fraction of sp³-hybridized carbons (Fsp3) is 0.462. The molecule has 0 radical (unpaired) electrons. The molecule has 0 saturated heterocycles. The number of carbonyl (C=O) groups is 1. The summed E-state index contributed by atoms with van der Waals surface area (Å²) in [6, 6.07) is 10.4. The number of aromatic nitrogens is 5. The van der Waals surface area contributed by atoms with E-state index in [0.29, 0.717) is 18.9 Å². The van der Waals surface area contributed by atoms with Gasteiger partial charge in [0.25, 0.3) is 0 Å². The smallest absolute Gasteiger partial charge is 0.220 e. The number of unbranched alkanes of at least 4 members (excludes halogenated alkanes) is 1. The molecule has 1 aliphatic rings. The number of aryl methyl sites for hydroxylation is 1. The van der Waals surface area contributed by atoms with Gasteiger partial charge in [-0.1, -0.05) is 32.6 Å². The standard InChI is InChI=1S/C26H32N6O2/c1-2-3-17-34-21-11-9-19(10-12-21)22-18-23-26-29-28-24(31(26)15-16-32(23)30-22)13-14-25(33)27-20-7-5-4-6-8-20/h9-12,15-16,18,20H,2-8,13-14,17H2,1H3,(H,27,33). The lowest BCUT2D eigenvalue weighted by Gasteiger charge is -2.22. The molecule has 34 heavy (non-hydrogen) atoms. The zero-order valence-corrected chi connectivity index (χ0v) is 19.7. The van der Waals surface area contributed by atoms with Crippen LogP contribution in [0.25, 0.3) is 22.4 Å². The third-order valence-corrected chi connectivity index (χ3v) is 6.55. The van der Waals surface area contributed by atoms with Crippen molar-refractivity contribution in [3.8, 4) is 17.0 Å². The van der Waals surface area contributed by atoms with E-state index in [9.17, 15) is 4.79 Å². The Balaban J connectivity index is 1.29. The van der Waals surface area contributed by atoms with Crippen molar-refractivity contribution in [2.24, 2.45) is 0 Å². The Morgan fingerprint density at radius 1 is 1.12 bits per heavy atom. The van der Waals surface area contributed by atoms with Crippen LogP contribution in [0.5, 0.6) is 5.75 Å². The van der Waals surface area contributed by atoms with Gasteiger partial charge in [0.05, 0.1) is 12.3 Å². The van der Waals surface area contributed by atoms with Crippen molar-refractivity contribution in [1.82, 2.24) is 29.5 Å². The van der Waals surface area contributed by atoms with Crippen LogP contribution < -0.4 is 10.1 Å². The Hall–Kier alpha value is -3.42. The quantitative estimate of drug-likeness (QED) is 0.369. The highest BCUT2D eigenvalue weighted by atomic mass is 16.5. The topological polar surface area (TPSA) is 85.8 Å². The van der Waals surface area contributed by atoms with Crippen molar-refractivity contribution < 1.29 is 9.53 Å². The molecule has 3 heterocycles. The molecular formula is C26H32N6O2. The highest BCUT2D eigenvalue weighted by Crippen LogP contribution is 2.24. The van der Waals surface area contributed by atoms with Crippen molar-refractivity contribution in [3.63, 3.8) is 0 Å². The molecule has 0 atom stereocenters. The maximum Gasteiger partial charge on any atom is 0.220 e. The summed E-state index contributed by atoms with van der Waals surface area (Å²) in [6.45, 7) is 2.89. The molecule has 0 aliphatic heterocycles. The number of ether oxygens (including phenoxy) is 1. The van der Waals surface area contributed by atoms with E-state index >= 15 is 0 Å². The molecule has 8 heteroatoms. The molecular weight excluding hydrogens is 428 g/mol. The van der Waals surface area contributed by atoms with E-state index in [1.165, 1.54) is 19.3 Å². The molecule has 178 valence electrons. The third kappa shape index (κ3) is 4.90. The number of amides is 1. The normalized spacial score (nSPS) is 14.6. The minimum Gasteiger partial charge on any atom is -0.494 e. The van der Waals surface area contributed by atoms with E-state index in [4.69, 9.17) is 9.84 Å². The fourth-order valence-corrected chi connectivity index (χ4v) is 4.60. The highest BCUT2D eigenvalue weighted by Gasteiger charge is 2.17. The minimum absolute atomic E-state index is 0.0958. The molecule has 8 nitrogen and oxygen atoms in total. The molecule has 1 saturated carbocycles. The fourth-order valence-electron chi connectivity index (χ4n) is 4.60. The van der Waals surface area contributed by atoms with Crippen molar-refractivity contribution >= 4 is 17.1 Å². The average Bonchev–Trinajstić information content (AvgIpc) is 3.48. The lowest BCUT2D eigenvalue weighted by atomic mass is 9.95. The first-order valence-corrected chi connectivity index (χ1v) is 12.5. The Morgan fingerprint density at radius 2 is 1.94 bits per heavy atom. The van der Waals surface area contributed by atoms with Crippen LogP contribution in [0.15, 0.2) is 42.7 Å². The predicted octanol–water partition coefficient (Wildman–Crippen LogP) is 4.60. The first-order valence-electron chi connectivity index (χ1n) is 12.5. The molecule has 1 N–H and O–H groups in total. The summed E-state index contributed by atoms with van der Waals surface area (Å²) in [7, 11) is 0. The second-order valence-corrected chi connectivity index (χ2v) is 9.10. The van der Waals surface area contributed by atoms with E-state index < -0.39 is 0 Å². The van der Waals surface area contributed by atoms with Crippen LogP contribution in [0.1, 0.15) is 64.1 Å². The lowest BCUT2D eigenvalue weighted by molar-refractivity contribution is -0.122. The van der Waals surface area contributed by atoms with Gasteiger partial charge >= 0.3 is 0 Å². The maximum absolute atomic E-state index is 12.4. The Labute approximate surface area is 199 Å². The number of rotatable bonds is 9. The lowest BCUT2D eigenvalue weighted by Crippen LogP contribution is -2.36. The summed E-state index contributed by atoms with van der Waals surface area (Å²) in [6.07, 6.45) is 12.8. The van der Waals surface area contributed by atoms with Crippen LogP contribution in [0.3, 0.4) is 0 Å².